The van der Waals surface area contributed by atoms with Crippen LogP contribution < -0.4 is 5.32 Å². The summed E-state index contributed by atoms with van der Waals surface area (Å²) < 4.78 is 21.5. The van der Waals surface area contributed by atoms with Gasteiger partial charge in [0.2, 0.25) is 5.13 Å². The number of ether oxygens (including phenoxy) is 1. The highest BCUT2D eigenvalue weighted by Gasteiger charge is 2.29. The van der Waals surface area contributed by atoms with Gasteiger partial charge in [0.25, 0.3) is 3.79 Å². The summed E-state index contributed by atoms with van der Waals surface area (Å²) in [5.74, 6) is -0.121. The van der Waals surface area contributed by atoms with E-state index >= 15 is 0 Å². The van der Waals surface area contributed by atoms with Crippen LogP contribution in [0, 0.1) is 5.82 Å². The number of rotatable bonds is 5. The highest BCUT2D eigenvalue weighted by atomic mass is 35.6. The van der Waals surface area contributed by atoms with Crippen molar-refractivity contribution in [2.75, 3.05) is 38.2 Å². The first kappa shape index (κ1) is 19.1. The SMILES string of the molecule is Fc1cccc([C@H](CNc2nc(C(Cl)(Cl)Cl)ns2)N2CCOCC2)c1. The Hall–Kier alpha value is -0.700. The third-order valence-corrected chi connectivity index (χ3v) is 5.03. The fourth-order valence-electron chi connectivity index (χ4n) is 2.66. The molecule has 2 aromatic rings. The summed E-state index contributed by atoms with van der Waals surface area (Å²) in [5, 5.41) is 3.77. The van der Waals surface area contributed by atoms with E-state index in [0.717, 1.165) is 30.2 Å². The van der Waals surface area contributed by atoms with Crippen LogP contribution in [0.2, 0.25) is 0 Å². The van der Waals surface area contributed by atoms with Crippen molar-refractivity contribution >= 4 is 51.5 Å². The molecule has 0 unspecified atom stereocenters. The number of nitrogens with zero attached hydrogens (tertiary/aromatic N) is 3. The van der Waals surface area contributed by atoms with Gasteiger partial charge in [-0.25, -0.2) is 4.39 Å². The third-order valence-electron chi connectivity index (χ3n) is 3.85. The van der Waals surface area contributed by atoms with E-state index in [1.54, 1.807) is 12.1 Å². The van der Waals surface area contributed by atoms with E-state index in [0.29, 0.717) is 24.9 Å². The Morgan fingerprint density at radius 1 is 1.32 bits per heavy atom. The molecule has 1 saturated heterocycles. The number of morpholine rings is 1. The van der Waals surface area contributed by atoms with Gasteiger partial charge in [0.15, 0.2) is 5.82 Å². The summed E-state index contributed by atoms with van der Waals surface area (Å²) in [4.78, 5) is 6.45. The molecule has 1 aliphatic rings. The Balaban J connectivity index is 1.74. The molecule has 1 fully saturated rings. The highest BCUT2D eigenvalue weighted by molar-refractivity contribution is 7.09. The predicted octanol–water partition coefficient (Wildman–Crippen LogP) is 3.99. The predicted molar refractivity (Wildman–Crippen MR) is 99.2 cm³/mol. The largest absolute Gasteiger partial charge is 0.379 e. The average Bonchev–Trinajstić information content (AvgIpc) is 3.05. The zero-order valence-corrected chi connectivity index (χ0v) is 16.2. The third kappa shape index (κ3) is 5.15. The summed E-state index contributed by atoms with van der Waals surface area (Å²) >= 11 is 18.5. The fraction of sp³-hybridized carbons (Fsp3) is 0.467. The molecule has 25 heavy (non-hydrogen) atoms. The van der Waals surface area contributed by atoms with Gasteiger partial charge in [0.05, 0.1) is 19.3 Å². The number of alkyl halides is 3. The van der Waals surface area contributed by atoms with Gasteiger partial charge in [-0.15, -0.1) is 0 Å². The second kappa shape index (κ2) is 8.33. The van der Waals surface area contributed by atoms with Gasteiger partial charge in [-0.1, -0.05) is 46.9 Å². The molecule has 0 amide bonds. The molecular formula is C15H16Cl3FN4OS. The molecule has 0 saturated carbocycles. The molecule has 136 valence electrons. The maximum atomic E-state index is 13.7. The van der Waals surface area contributed by atoms with E-state index in [9.17, 15) is 4.39 Å². The van der Waals surface area contributed by atoms with E-state index in [1.807, 2.05) is 6.07 Å². The summed E-state index contributed by atoms with van der Waals surface area (Å²) in [6.07, 6.45) is 0. The molecule has 1 aromatic heterocycles. The number of halogens is 4. The Morgan fingerprint density at radius 2 is 2.08 bits per heavy atom. The van der Waals surface area contributed by atoms with Crippen LogP contribution in [-0.2, 0) is 8.53 Å². The molecule has 1 N–H and O–H groups in total. The van der Waals surface area contributed by atoms with Crippen LogP contribution in [0.3, 0.4) is 0 Å². The van der Waals surface area contributed by atoms with Gasteiger partial charge < -0.3 is 10.1 Å². The lowest BCUT2D eigenvalue weighted by Crippen LogP contribution is -2.41. The second-order valence-corrected chi connectivity index (χ2v) is 8.55. The molecule has 1 aromatic carbocycles. The first-order chi connectivity index (χ1) is 11.9. The van der Waals surface area contributed by atoms with Crippen LogP contribution in [-0.4, -0.2) is 47.1 Å². The van der Waals surface area contributed by atoms with Crippen LogP contribution in [0.5, 0.6) is 0 Å². The van der Waals surface area contributed by atoms with Gasteiger partial charge in [-0.05, 0) is 17.7 Å². The Labute approximate surface area is 164 Å². The maximum Gasteiger partial charge on any atom is 0.251 e. The molecular weight excluding hydrogens is 410 g/mol. The number of anilines is 1. The summed E-state index contributed by atoms with van der Waals surface area (Å²) in [6, 6.07) is 6.58. The van der Waals surface area contributed by atoms with E-state index in [1.165, 1.54) is 6.07 Å². The molecule has 0 radical (unpaired) electrons. The van der Waals surface area contributed by atoms with Gasteiger partial charge in [0.1, 0.15) is 5.82 Å². The number of benzene rings is 1. The van der Waals surface area contributed by atoms with Crippen molar-refractivity contribution in [3.63, 3.8) is 0 Å². The van der Waals surface area contributed by atoms with Crippen LogP contribution >= 0.6 is 46.3 Å². The Kier molecular flexibility index (Phi) is 6.35. The highest BCUT2D eigenvalue weighted by Crippen LogP contribution is 2.37. The normalized spacial score (nSPS) is 17.4. The minimum atomic E-state index is -1.65. The van der Waals surface area contributed by atoms with Crippen molar-refractivity contribution < 1.29 is 9.13 Å². The number of hydrogen-bond donors (Lipinski definition) is 1. The lowest BCUT2D eigenvalue weighted by atomic mass is 10.0. The molecule has 10 heteroatoms. The molecule has 0 spiro atoms. The Morgan fingerprint density at radius 3 is 2.72 bits per heavy atom. The van der Waals surface area contributed by atoms with Crippen molar-refractivity contribution in [3.05, 3.63) is 41.5 Å². The van der Waals surface area contributed by atoms with Crippen LogP contribution in [0.1, 0.15) is 17.4 Å². The topological polar surface area (TPSA) is 50.3 Å². The van der Waals surface area contributed by atoms with Gasteiger partial charge in [0, 0.05) is 31.2 Å². The molecule has 3 rings (SSSR count). The monoisotopic (exact) mass is 424 g/mol. The van der Waals surface area contributed by atoms with Crippen molar-refractivity contribution in [2.45, 2.75) is 9.83 Å². The van der Waals surface area contributed by atoms with E-state index in [2.05, 4.69) is 19.6 Å². The van der Waals surface area contributed by atoms with Crippen LogP contribution in [0.15, 0.2) is 24.3 Å². The van der Waals surface area contributed by atoms with Crippen molar-refractivity contribution in [3.8, 4) is 0 Å². The van der Waals surface area contributed by atoms with E-state index in [-0.39, 0.29) is 17.7 Å². The Bertz CT molecular complexity index is 706. The van der Waals surface area contributed by atoms with Gasteiger partial charge in [-0.2, -0.15) is 9.36 Å². The van der Waals surface area contributed by atoms with Crippen LogP contribution in [0.25, 0.3) is 0 Å². The lowest BCUT2D eigenvalue weighted by Gasteiger charge is -2.34. The molecule has 5 nitrogen and oxygen atoms in total. The standard InChI is InChI=1S/C15H16Cl3FN4OS/c16-15(17,18)13-21-14(25-22-13)20-9-12(23-4-6-24-7-5-23)10-2-1-3-11(19)8-10/h1-3,8,12H,4-7,9H2,(H,20,21,22)/t12-/m0/s1. The molecule has 0 aliphatic carbocycles. The summed E-state index contributed by atoms with van der Waals surface area (Å²) in [5.41, 5.74) is 0.889. The summed E-state index contributed by atoms with van der Waals surface area (Å²) in [7, 11) is 0. The number of hydrogen-bond acceptors (Lipinski definition) is 6. The molecule has 1 atom stereocenters. The maximum absolute atomic E-state index is 13.7. The van der Waals surface area contributed by atoms with E-state index in [4.69, 9.17) is 39.5 Å². The quantitative estimate of drug-likeness (QED) is 0.734. The first-order valence-corrected chi connectivity index (χ1v) is 9.56. The zero-order valence-electron chi connectivity index (χ0n) is 13.1. The fourth-order valence-corrected chi connectivity index (χ4v) is 3.68. The molecule has 0 bridgehead atoms. The average molecular weight is 426 g/mol. The van der Waals surface area contributed by atoms with Gasteiger partial charge >= 0.3 is 0 Å². The molecule has 2 heterocycles. The zero-order chi connectivity index (χ0) is 17.9. The van der Waals surface area contributed by atoms with E-state index < -0.39 is 3.79 Å². The minimum Gasteiger partial charge on any atom is -0.379 e. The number of nitrogens with one attached hydrogen (secondary N) is 1. The van der Waals surface area contributed by atoms with Crippen molar-refractivity contribution in [2.24, 2.45) is 0 Å². The van der Waals surface area contributed by atoms with Crippen LogP contribution in [0.4, 0.5) is 9.52 Å². The summed E-state index contributed by atoms with van der Waals surface area (Å²) in [6.45, 7) is 3.39. The van der Waals surface area contributed by atoms with Crippen molar-refractivity contribution in [1.82, 2.24) is 14.3 Å². The minimum absolute atomic E-state index is 0.0280. The second-order valence-electron chi connectivity index (χ2n) is 5.52. The van der Waals surface area contributed by atoms with Crippen molar-refractivity contribution in [1.29, 1.82) is 0 Å². The van der Waals surface area contributed by atoms with Gasteiger partial charge in [-0.3, -0.25) is 4.90 Å². The lowest BCUT2D eigenvalue weighted by molar-refractivity contribution is 0.0186. The smallest absolute Gasteiger partial charge is 0.251 e. The number of aromatic nitrogens is 2. The molecule has 1 aliphatic heterocycles. The first-order valence-electron chi connectivity index (χ1n) is 7.65.